The molecule has 90 valence electrons. The van der Waals surface area contributed by atoms with Crippen LogP contribution >= 0.6 is 0 Å². The standard InChI is InChI=1S/C18H18/c1-16(12-14-17-8-4-2-5-9-17)13-15-18-10-6-3-7-11-18/h2-16H,1H3. The molecule has 0 spiro atoms. The maximum absolute atomic E-state index is 2.22. The van der Waals surface area contributed by atoms with E-state index in [4.69, 9.17) is 0 Å². The van der Waals surface area contributed by atoms with Gasteiger partial charge >= 0.3 is 0 Å². The number of allylic oxidation sites excluding steroid dienone is 2. The van der Waals surface area contributed by atoms with Crippen molar-refractivity contribution >= 4 is 12.2 Å². The Balaban J connectivity index is 1.95. The van der Waals surface area contributed by atoms with E-state index in [2.05, 4.69) is 79.8 Å². The van der Waals surface area contributed by atoms with Crippen LogP contribution in [-0.2, 0) is 0 Å². The predicted octanol–water partition coefficient (Wildman–Crippen LogP) is 5.05. The lowest BCUT2D eigenvalue weighted by atomic mass is 10.1. The van der Waals surface area contributed by atoms with Crippen molar-refractivity contribution in [1.29, 1.82) is 0 Å². The van der Waals surface area contributed by atoms with E-state index in [9.17, 15) is 0 Å². The van der Waals surface area contributed by atoms with Gasteiger partial charge in [0.25, 0.3) is 0 Å². The van der Waals surface area contributed by atoms with Gasteiger partial charge in [-0.25, -0.2) is 0 Å². The van der Waals surface area contributed by atoms with Gasteiger partial charge in [0.15, 0.2) is 0 Å². The maximum Gasteiger partial charge on any atom is -0.00752 e. The van der Waals surface area contributed by atoms with Gasteiger partial charge in [0.1, 0.15) is 0 Å². The normalized spacial score (nSPS) is 13.2. The molecule has 0 N–H and O–H groups in total. The van der Waals surface area contributed by atoms with Crippen LogP contribution in [0.2, 0.25) is 0 Å². The smallest absolute Gasteiger partial charge is 0.00752 e. The number of hydrogen-bond donors (Lipinski definition) is 0. The summed E-state index contributed by atoms with van der Waals surface area (Å²) in [5, 5.41) is 0. The largest absolute Gasteiger partial charge is 0.0773 e. The van der Waals surface area contributed by atoms with Gasteiger partial charge in [-0.15, -0.1) is 0 Å². The molecule has 0 nitrogen and oxygen atoms in total. The summed E-state index contributed by atoms with van der Waals surface area (Å²) >= 11 is 0. The third-order valence-electron chi connectivity index (χ3n) is 2.78. The molecule has 2 rings (SSSR count). The zero-order valence-corrected chi connectivity index (χ0v) is 10.7. The molecule has 2 aromatic carbocycles. The van der Waals surface area contributed by atoms with Gasteiger partial charge in [-0.05, 0) is 17.0 Å². The van der Waals surface area contributed by atoms with E-state index >= 15 is 0 Å². The quantitative estimate of drug-likeness (QED) is 0.694. The van der Waals surface area contributed by atoms with Gasteiger partial charge in [0, 0.05) is 0 Å². The third-order valence-corrected chi connectivity index (χ3v) is 2.78. The average Bonchev–Trinajstić information content (AvgIpc) is 2.45. The zero-order valence-electron chi connectivity index (χ0n) is 10.7. The Morgan fingerprint density at radius 3 is 1.44 bits per heavy atom. The molecular formula is C18H18. The van der Waals surface area contributed by atoms with Crippen molar-refractivity contribution in [2.75, 3.05) is 0 Å². The predicted molar refractivity (Wildman–Crippen MR) is 80.1 cm³/mol. The van der Waals surface area contributed by atoms with Gasteiger partial charge in [0.2, 0.25) is 0 Å². The molecule has 0 fully saturated rings. The first-order valence-electron chi connectivity index (χ1n) is 6.31. The van der Waals surface area contributed by atoms with E-state index in [-0.39, 0.29) is 0 Å². The van der Waals surface area contributed by atoms with E-state index in [1.54, 1.807) is 0 Å². The fourth-order valence-electron chi connectivity index (χ4n) is 1.72. The molecule has 0 aliphatic heterocycles. The second kappa shape index (κ2) is 6.61. The Morgan fingerprint density at radius 1 is 0.667 bits per heavy atom. The fraction of sp³-hybridized carbons (Fsp3) is 0.111. The molecule has 0 saturated carbocycles. The van der Waals surface area contributed by atoms with Crippen LogP contribution < -0.4 is 0 Å². The summed E-state index contributed by atoms with van der Waals surface area (Å²) in [5.41, 5.74) is 2.50. The first-order valence-corrected chi connectivity index (χ1v) is 6.31. The van der Waals surface area contributed by atoms with Crippen molar-refractivity contribution in [3.8, 4) is 0 Å². The Labute approximate surface area is 109 Å². The molecule has 0 saturated heterocycles. The van der Waals surface area contributed by atoms with Crippen LogP contribution in [0.4, 0.5) is 0 Å². The highest BCUT2D eigenvalue weighted by Crippen LogP contribution is 2.09. The van der Waals surface area contributed by atoms with E-state index in [0.717, 1.165) is 0 Å². The second-order valence-corrected chi connectivity index (χ2v) is 4.40. The van der Waals surface area contributed by atoms with Crippen molar-refractivity contribution < 1.29 is 0 Å². The molecule has 0 aliphatic carbocycles. The van der Waals surface area contributed by atoms with E-state index in [1.807, 2.05) is 12.1 Å². The van der Waals surface area contributed by atoms with Crippen molar-refractivity contribution in [3.05, 3.63) is 83.9 Å². The highest BCUT2D eigenvalue weighted by Gasteiger charge is 1.91. The van der Waals surface area contributed by atoms with Gasteiger partial charge in [-0.1, -0.05) is 91.9 Å². The molecule has 0 atom stereocenters. The van der Waals surface area contributed by atoms with E-state index in [0.29, 0.717) is 5.92 Å². The summed E-state index contributed by atoms with van der Waals surface area (Å²) in [6.45, 7) is 2.19. The van der Waals surface area contributed by atoms with Crippen molar-refractivity contribution in [3.63, 3.8) is 0 Å². The Hall–Kier alpha value is -2.08. The van der Waals surface area contributed by atoms with Crippen LogP contribution in [0.5, 0.6) is 0 Å². The molecule has 18 heavy (non-hydrogen) atoms. The highest BCUT2D eigenvalue weighted by molar-refractivity contribution is 5.52. The molecule has 0 amide bonds. The summed E-state index contributed by atoms with van der Waals surface area (Å²) in [4.78, 5) is 0. The van der Waals surface area contributed by atoms with Gasteiger partial charge in [-0.2, -0.15) is 0 Å². The van der Waals surface area contributed by atoms with Crippen molar-refractivity contribution in [2.24, 2.45) is 5.92 Å². The molecule has 0 unspecified atom stereocenters. The van der Waals surface area contributed by atoms with Crippen LogP contribution in [0, 0.1) is 5.92 Å². The Bertz CT molecular complexity index is 457. The molecule has 0 aromatic heterocycles. The lowest BCUT2D eigenvalue weighted by molar-refractivity contribution is 0.951. The minimum Gasteiger partial charge on any atom is -0.0773 e. The van der Waals surface area contributed by atoms with Gasteiger partial charge < -0.3 is 0 Å². The Kier molecular flexibility index (Phi) is 4.54. The average molecular weight is 234 g/mol. The second-order valence-electron chi connectivity index (χ2n) is 4.40. The van der Waals surface area contributed by atoms with Gasteiger partial charge in [0.05, 0.1) is 0 Å². The molecular weight excluding hydrogens is 216 g/mol. The number of rotatable bonds is 4. The van der Waals surface area contributed by atoms with Crippen LogP contribution in [0.15, 0.2) is 72.8 Å². The van der Waals surface area contributed by atoms with Crippen molar-refractivity contribution in [2.45, 2.75) is 6.92 Å². The van der Waals surface area contributed by atoms with Crippen LogP contribution in [0.25, 0.3) is 12.2 Å². The lowest BCUT2D eigenvalue weighted by Crippen LogP contribution is -1.82. The summed E-state index contributed by atoms with van der Waals surface area (Å²) < 4.78 is 0. The molecule has 0 heterocycles. The van der Waals surface area contributed by atoms with Gasteiger partial charge in [-0.3, -0.25) is 0 Å². The SMILES string of the molecule is CC(C=Cc1ccccc1)C=Cc1ccccc1. The first-order chi connectivity index (χ1) is 8.84. The lowest BCUT2D eigenvalue weighted by Gasteiger charge is -1.98. The first kappa shape index (κ1) is 12.4. The summed E-state index contributed by atoms with van der Waals surface area (Å²) in [6, 6.07) is 20.8. The Morgan fingerprint density at radius 2 is 1.06 bits per heavy atom. The van der Waals surface area contributed by atoms with Crippen molar-refractivity contribution in [1.82, 2.24) is 0 Å². The third kappa shape index (κ3) is 4.06. The monoisotopic (exact) mass is 234 g/mol. The molecule has 0 bridgehead atoms. The summed E-state index contributed by atoms with van der Waals surface area (Å²) in [6.07, 6.45) is 8.77. The molecule has 0 aliphatic rings. The van der Waals surface area contributed by atoms with E-state index in [1.165, 1.54) is 11.1 Å². The van der Waals surface area contributed by atoms with Crippen LogP contribution in [-0.4, -0.2) is 0 Å². The minimum absolute atomic E-state index is 0.436. The number of hydrogen-bond acceptors (Lipinski definition) is 0. The van der Waals surface area contributed by atoms with E-state index < -0.39 is 0 Å². The molecule has 0 heteroatoms. The molecule has 2 aromatic rings. The highest BCUT2D eigenvalue weighted by atomic mass is 14.0. The molecule has 0 radical (unpaired) electrons. The fourth-order valence-corrected chi connectivity index (χ4v) is 1.72. The maximum atomic E-state index is 2.22. The minimum atomic E-state index is 0.436. The topological polar surface area (TPSA) is 0 Å². The summed E-state index contributed by atoms with van der Waals surface area (Å²) in [5.74, 6) is 0.436. The van der Waals surface area contributed by atoms with Crippen LogP contribution in [0.1, 0.15) is 18.1 Å². The number of benzene rings is 2. The van der Waals surface area contributed by atoms with Crippen LogP contribution in [0.3, 0.4) is 0 Å². The summed E-state index contributed by atoms with van der Waals surface area (Å²) in [7, 11) is 0. The zero-order chi connectivity index (χ0) is 12.6.